The second-order valence-corrected chi connectivity index (χ2v) is 6.22. The summed E-state index contributed by atoms with van der Waals surface area (Å²) in [4.78, 5) is 12.3. The van der Waals surface area contributed by atoms with Crippen LogP contribution in [0, 0.1) is 13.8 Å². The van der Waals surface area contributed by atoms with Crippen LogP contribution in [0.5, 0.6) is 5.95 Å². The lowest BCUT2D eigenvalue weighted by atomic mass is 10.0. The number of nitrogens with zero attached hydrogens (tertiary/aromatic N) is 1. The van der Waals surface area contributed by atoms with E-state index < -0.39 is 0 Å². The first-order valence-electron chi connectivity index (χ1n) is 8.18. The molecule has 3 rings (SSSR count). The van der Waals surface area contributed by atoms with E-state index in [1.165, 1.54) is 7.11 Å². The average molecular weight is 359 g/mol. The Balaban J connectivity index is 1.82. The van der Waals surface area contributed by atoms with Gasteiger partial charge in [-0.25, -0.2) is 0 Å². The van der Waals surface area contributed by atoms with Gasteiger partial charge in [-0.05, 0) is 37.1 Å². The molecule has 0 amide bonds. The van der Waals surface area contributed by atoms with E-state index in [-0.39, 0.29) is 28.4 Å². The smallest absolute Gasteiger partial charge is 0.291 e. The fourth-order valence-corrected chi connectivity index (χ4v) is 3.01. The van der Waals surface area contributed by atoms with Gasteiger partial charge < -0.3 is 13.9 Å². The number of hydrogen-bond donors (Lipinski definition) is 2. The van der Waals surface area contributed by atoms with Crippen LogP contribution in [-0.4, -0.2) is 24.1 Å². The van der Waals surface area contributed by atoms with Gasteiger partial charge in [0, 0.05) is 12.0 Å². The van der Waals surface area contributed by atoms with E-state index in [1.807, 2.05) is 6.08 Å². The Kier molecular flexibility index (Phi) is 5.13. The zero-order chi connectivity index (χ0) is 18.8. The van der Waals surface area contributed by atoms with Gasteiger partial charge in [0.15, 0.2) is 5.43 Å². The number of ether oxygens (including phenoxy) is 2. The maximum absolute atomic E-state index is 12.3. The van der Waals surface area contributed by atoms with E-state index in [4.69, 9.17) is 24.3 Å². The van der Waals surface area contributed by atoms with Gasteiger partial charge in [-0.3, -0.25) is 15.2 Å². The number of rotatable bonds is 4. The van der Waals surface area contributed by atoms with Crippen LogP contribution in [0.1, 0.15) is 35.0 Å². The number of benzene rings is 1. The van der Waals surface area contributed by atoms with E-state index in [1.54, 1.807) is 38.1 Å². The van der Waals surface area contributed by atoms with Gasteiger partial charge in [0.25, 0.3) is 5.95 Å². The first kappa shape index (κ1) is 18.2. The summed E-state index contributed by atoms with van der Waals surface area (Å²) in [5, 5.41) is 18.0. The van der Waals surface area contributed by atoms with Crippen LogP contribution in [0.25, 0.3) is 6.08 Å². The molecule has 7 nitrogen and oxygen atoms in total. The highest BCUT2D eigenvalue weighted by atomic mass is 16.8. The fourth-order valence-electron chi connectivity index (χ4n) is 3.01. The average Bonchev–Trinajstić information content (AvgIpc) is 3.08. The molecule has 1 saturated heterocycles. The first-order valence-corrected chi connectivity index (χ1v) is 8.18. The summed E-state index contributed by atoms with van der Waals surface area (Å²) in [5.41, 5.74) is 3.12. The Hall–Kier alpha value is -2.61. The predicted molar refractivity (Wildman–Crippen MR) is 94.8 cm³/mol. The Morgan fingerprint density at radius 1 is 1.19 bits per heavy atom. The van der Waals surface area contributed by atoms with Crippen LogP contribution in [0.2, 0.25) is 0 Å². The minimum atomic E-state index is -0.340. The molecule has 2 aromatic rings. The third-order valence-electron chi connectivity index (χ3n) is 4.45. The molecule has 0 bridgehead atoms. The van der Waals surface area contributed by atoms with Gasteiger partial charge in [-0.2, -0.15) is 0 Å². The lowest BCUT2D eigenvalue weighted by Crippen LogP contribution is -2.15. The Labute approximate surface area is 150 Å². The molecule has 1 aromatic heterocycles. The minimum absolute atomic E-state index is 0.0706. The summed E-state index contributed by atoms with van der Waals surface area (Å²) in [6.07, 6.45) is 2.24. The summed E-state index contributed by atoms with van der Waals surface area (Å²) >= 11 is 0. The third-order valence-corrected chi connectivity index (χ3v) is 4.45. The van der Waals surface area contributed by atoms with Gasteiger partial charge in [0.2, 0.25) is 0 Å². The highest BCUT2D eigenvalue weighted by Crippen LogP contribution is 2.36. The van der Waals surface area contributed by atoms with E-state index >= 15 is 0 Å². The maximum atomic E-state index is 12.3. The molecule has 0 spiro atoms. The molecule has 26 heavy (non-hydrogen) atoms. The second-order valence-electron chi connectivity index (χ2n) is 6.22. The van der Waals surface area contributed by atoms with Gasteiger partial charge in [-0.15, -0.1) is 5.23 Å². The summed E-state index contributed by atoms with van der Waals surface area (Å²) in [6.45, 7) is 3.83. The number of anilines is 1. The van der Waals surface area contributed by atoms with Crippen LogP contribution < -0.4 is 15.4 Å². The lowest BCUT2D eigenvalue weighted by Gasteiger charge is -2.13. The fraction of sp³-hybridized carbons (Fsp3) is 0.316. The number of methoxy groups -OCH3 is 1. The van der Waals surface area contributed by atoms with Crippen LogP contribution >= 0.6 is 0 Å². The first-order chi connectivity index (χ1) is 12.4. The molecule has 1 aromatic carbocycles. The van der Waals surface area contributed by atoms with Crippen molar-refractivity contribution < 1.29 is 24.3 Å². The van der Waals surface area contributed by atoms with Crippen molar-refractivity contribution in [1.29, 1.82) is 0 Å². The molecule has 0 saturated carbocycles. The zero-order valence-electron chi connectivity index (χ0n) is 14.9. The third kappa shape index (κ3) is 3.50. The van der Waals surface area contributed by atoms with E-state index in [0.29, 0.717) is 29.9 Å². The molecule has 2 heterocycles. The number of hydrogen-bond acceptors (Lipinski definition) is 7. The molecular weight excluding hydrogens is 338 g/mol. The van der Waals surface area contributed by atoms with Gasteiger partial charge in [-0.1, -0.05) is 18.2 Å². The Morgan fingerprint density at radius 3 is 2.50 bits per heavy atom. The Morgan fingerprint density at radius 2 is 1.88 bits per heavy atom. The molecule has 138 valence electrons. The van der Waals surface area contributed by atoms with Gasteiger partial charge >= 0.3 is 0 Å². The molecule has 2 N–H and O–H groups in total. The molecule has 1 fully saturated rings. The summed E-state index contributed by atoms with van der Waals surface area (Å²) in [5.74, 6) is 0.706. The second kappa shape index (κ2) is 7.33. The molecular formula is C19H21NO6. The molecule has 7 heteroatoms. The summed E-state index contributed by atoms with van der Waals surface area (Å²) in [7, 11) is 1.47. The van der Waals surface area contributed by atoms with Crippen molar-refractivity contribution in [1.82, 2.24) is 0 Å². The highest BCUT2D eigenvalue weighted by Gasteiger charge is 2.28. The summed E-state index contributed by atoms with van der Waals surface area (Å²) < 4.78 is 16.7. The van der Waals surface area contributed by atoms with Crippen LogP contribution in [0.3, 0.4) is 0 Å². The van der Waals surface area contributed by atoms with Crippen LogP contribution in [0.15, 0.2) is 39.1 Å². The van der Waals surface area contributed by atoms with Gasteiger partial charge in [0.1, 0.15) is 11.9 Å². The Bertz CT molecular complexity index is 882. The quantitative estimate of drug-likeness (QED) is 0.808. The van der Waals surface area contributed by atoms with Gasteiger partial charge in [0.05, 0.1) is 25.0 Å². The van der Waals surface area contributed by atoms with Crippen LogP contribution in [-0.2, 0) is 4.74 Å². The SMILES string of the molecule is COc1oc(C2CC(=Cc3ccc(N(O)O)cc3)CO2)c(C)c(=O)c1C. The molecule has 1 unspecified atom stereocenters. The van der Waals surface area contributed by atoms with Crippen molar-refractivity contribution in [2.75, 3.05) is 18.9 Å². The topological polar surface area (TPSA) is 92.4 Å². The zero-order valence-corrected chi connectivity index (χ0v) is 14.9. The van der Waals surface area contributed by atoms with Crippen molar-refractivity contribution in [3.8, 4) is 5.95 Å². The van der Waals surface area contributed by atoms with E-state index in [2.05, 4.69) is 0 Å². The van der Waals surface area contributed by atoms with Crippen molar-refractivity contribution in [2.45, 2.75) is 26.4 Å². The van der Waals surface area contributed by atoms with Crippen molar-refractivity contribution >= 4 is 11.8 Å². The normalized spacial score (nSPS) is 18.3. The monoisotopic (exact) mass is 359 g/mol. The molecule has 0 radical (unpaired) electrons. The van der Waals surface area contributed by atoms with Crippen LogP contribution in [0.4, 0.5) is 5.69 Å². The molecule has 0 aliphatic carbocycles. The summed E-state index contributed by atoms with van der Waals surface area (Å²) in [6, 6.07) is 6.73. The predicted octanol–water partition coefficient (Wildman–Crippen LogP) is 3.40. The lowest BCUT2D eigenvalue weighted by molar-refractivity contribution is 0.0291. The van der Waals surface area contributed by atoms with E-state index in [9.17, 15) is 4.79 Å². The van der Waals surface area contributed by atoms with E-state index in [0.717, 1.165) is 11.1 Å². The molecule has 1 aliphatic heterocycles. The maximum Gasteiger partial charge on any atom is 0.291 e. The van der Waals surface area contributed by atoms with Crippen molar-refractivity contribution in [2.24, 2.45) is 0 Å². The highest BCUT2D eigenvalue weighted by molar-refractivity contribution is 5.57. The van der Waals surface area contributed by atoms with Crippen molar-refractivity contribution in [3.63, 3.8) is 0 Å². The molecule has 1 atom stereocenters. The standard InChI is InChI=1S/C19H21NO6/c1-11-17(21)12(2)19(24-3)26-18(11)16-9-14(10-25-16)8-13-4-6-15(7-5-13)20(22)23/h4-8,16,22-23H,9-10H2,1-3H3. The minimum Gasteiger partial charge on any atom is -0.468 e. The largest absolute Gasteiger partial charge is 0.468 e. The molecule has 1 aliphatic rings. The van der Waals surface area contributed by atoms with Crippen molar-refractivity contribution in [3.05, 3.63) is 62.5 Å².